The standard InChI is InChI=1S/C16H21FN2O4/c1-21-14-3-10(13(17)4-15(14)22-2)5-19-6-11-8-23-9-12(7-19)18-16(11)20/h3-4,11-12H,5-9H2,1-2H3,(H,18,20)/t11-,12+/m1/s1. The fourth-order valence-corrected chi connectivity index (χ4v) is 3.11. The minimum atomic E-state index is -0.340. The number of amides is 1. The lowest BCUT2D eigenvalue weighted by Crippen LogP contribution is -2.41. The molecule has 2 aliphatic rings. The van der Waals surface area contributed by atoms with Gasteiger partial charge in [-0.2, -0.15) is 0 Å². The van der Waals surface area contributed by atoms with Crippen molar-refractivity contribution in [2.45, 2.75) is 12.6 Å². The van der Waals surface area contributed by atoms with E-state index in [0.717, 1.165) is 0 Å². The molecule has 23 heavy (non-hydrogen) atoms. The zero-order valence-corrected chi connectivity index (χ0v) is 13.3. The van der Waals surface area contributed by atoms with Gasteiger partial charge in [0, 0.05) is 31.3 Å². The van der Waals surface area contributed by atoms with E-state index >= 15 is 0 Å². The van der Waals surface area contributed by atoms with Crippen LogP contribution in [0.5, 0.6) is 11.5 Å². The second-order valence-corrected chi connectivity index (χ2v) is 5.93. The van der Waals surface area contributed by atoms with Crippen molar-refractivity contribution in [2.24, 2.45) is 5.92 Å². The van der Waals surface area contributed by atoms with Crippen molar-refractivity contribution < 1.29 is 23.4 Å². The van der Waals surface area contributed by atoms with Crippen molar-refractivity contribution in [3.8, 4) is 11.5 Å². The highest BCUT2D eigenvalue weighted by Gasteiger charge is 2.33. The van der Waals surface area contributed by atoms with Gasteiger partial charge in [-0.1, -0.05) is 0 Å². The van der Waals surface area contributed by atoms with Gasteiger partial charge in [0.1, 0.15) is 5.82 Å². The predicted molar refractivity (Wildman–Crippen MR) is 81.0 cm³/mol. The second kappa shape index (κ2) is 6.72. The lowest BCUT2D eigenvalue weighted by molar-refractivity contribution is -0.125. The molecule has 126 valence electrons. The lowest BCUT2D eigenvalue weighted by Gasteiger charge is -2.27. The Kier molecular flexibility index (Phi) is 4.68. The summed E-state index contributed by atoms with van der Waals surface area (Å²) in [6.45, 7) is 2.50. The van der Waals surface area contributed by atoms with Crippen LogP contribution in [-0.2, 0) is 16.1 Å². The summed E-state index contributed by atoms with van der Waals surface area (Å²) in [7, 11) is 3.00. The number of carbonyl (C=O) groups is 1. The third-order valence-electron chi connectivity index (χ3n) is 4.26. The molecule has 6 nitrogen and oxygen atoms in total. The summed E-state index contributed by atoms with van der Waals surface area (Å²) in [4.78, 5) is 14.1. The Bertz CT molecular complexity index is 596. The molecule has 0 saturated carbocycles. The summed E-state index contributed by atoms with van der Waals surface area (Å²) in [6, 6.07) is 2.93. The quantitative estimate of drug-likeness (QED) is 0.887. The van der Waals surface area contributed by atoms with Gasteiger partial charge < -0.3 is 19.5 Å². The van der Waals surface area contributed by atoms with Crippen LogP contribution >= 0.6 is 0 Å². The highest BCUT2D eigenvalue weighted by atomic mass is 19.1. The average Bonchev–Trinajstić information content (AvgIpc) is 2.77. The van der Waals surface area contributed by atoms with Gasteiger partial charge in [0.15, 0.2) is 11.5 Å². The van der Waals surface area contributed by atoms with Crippen LogP contribution in [0.25, 0.3) is 0 Å². The molecule has 2 heterocycles. The van der Waals surface area contributed by atoms with E-state index in [0.29, 0.717) is 49.9 Å². The average molecular weight is 324 g/mol. The van der Waals surface area contributed by atoms with Crippen molar-refractivity contribution in [3.63, 3.8) is 0 Å². The molecule has 0 aromatic heterocycles. The molecular weight excluding hydrogens is 303 g/mol. The molecule has 2 atom stereocenters. The van der Waals surface area contributed by atoms with E-state index in [4.69, 9.17) is 14.2 Å². The smallest absolute Gasteiger partial charge is 0.227 e. The van der Waals surface area contributed by atoms with E-state index in [1.807, 2.05) is 0 Å². The highest BCUT2D eigenvalue weighted by Crippen LogP contribution is 2.30. The molecule has 2 bridgehead atoms. The van der Waals surface area contributed by atoms with Gasteiger partial charge in [-0.05, 0) is 6.07 Å². The van der Waals surface area contributed by atoms with Gasteiger partial charge >= 0.3 is 0 Å². The first kappa shape index (κ1) is 16.0. The van der Waals surface area contributed by atoms with E-state index in [9.17, 15) is 9.18 Å². The second-order valence-electron chi connectivity index (χ2n) is 5.93. The maximum atomic E-state index is 14.3. The van der Waals surface area contributed by atoms with Gasteiger partial charge in [-0.15, -0.1) is 0 Å². The number of benzene rings is 1. The van der Waals surface area contributed by atoms with Crippen molar-refractivity contribution >= 4 is 5.91 Å². The number of halogens is 1. The number of hydrogen-bond donors (Lipinski definition) is 1. The summed E-state index contributed by atoms with van der Waals surface area (Å²) in [6.07, 6.45) is 0. The van der Waals surface area contributed by atoms with Crippen LogP contribution in [0.1, 0.15) is 5.56 Å². The first-order valence-electron chi connectivity index (χ1n) is 7.61. The largest absolute Gasteiger partial charge is 0.493 e. The summed E-state index contributed by atoms with van der Waals surface area (Å²) >= 11 is 0. The number of nitrogens with zero attached hydrogens (tertiary/aromatic N) is 1. The van der Waals surface area contributed by atoms with E-state index in [1.54, 1.807) is 6.07 Å². The zero-order chi connectivity index (χ0) is 16.4. The Morgan fingerprint density at radius 3 is 2.74 bits per heavy atom. The van der Waals surface area contributed by atoms with Crippen LogP contribution in [0.15, 0.2) is 12.1 Å². The number of hydrogen-bond acceptors (Lipinski definition) is 5. The molecule has 1 amide bonds. The molecule has 0 aliphatic carbocycles. The number of rotatable bonds is 4. The molecule has 2 saturated heterocycles. The number of methoxy groups -OCH3 is 2. The van der Waals surface area contributed by atoms with Crippen LogP contribution in [0.4, 0.5) is 4.39 Å². The normalized spacial score (nSPS) is 24.7. The Hall–Kier alpha value is -1.86. The molecule has 1 N–H and O–H groups in total. The number of carbonyl (C=O) groups excluding carboxylic acids is 1. The van der Waals surface area contributed by atoms with Crippen molar-refractivity contribution in [1.29, 1.82) is 0 Å². The molecule has 0 spiro atoms. The van der Waals surface area contributed by atoms with Crippen LogP contribution in [-0.4, -0.2) is 57.4 Å². The first-order chi connectivity index (χ1) is 11.1. The predicted octanol–water partition coefficient (Wildman–Crippen LogP) is 0.790. The highest BCUT2D eigenvalue weighted by molar-refractivity contribution is 5.79. The summed E-state index contributed by atoms with van der Waals surface area (Å²) in [5.74, 6) is 0.323. The van der Waals surface area contributed by atoms with Gasteiger partial charge in [-0.3, -0.25) is 9.69 Å². The Morgan fingerprint density at radius 2 is 2.00 bits per heavy atom. The summed E-state index contributed by atoms with van der Waals surface area (Å²) in [5, 5.41) is 2.97. The third kappa shape index (κ3) is 3.40. The topological polar surface area (TPSA) is 60.0 Å². The fraction of sp³-hybridized carbons (Fsp3) is 0.562. The van der Waals surface area contributed by atoms with Crippen molar-refractivity contribution in [3.05, 3.63) is 23.5 Å². The minimum absolute atomic E-state index is 0.0165. The zero-order valence-electron chi connectivity index (χ0n) is 13.3. The molecule has 0 unspecified atom stereocenters. The summed E-state index contributed by atoms with van der Waals surface area (Å²) < 4.78 is 30.2. The monoisotopic (exact) mass is 324 g/mol. The molecule has 0 radical (unpaired) electrons. The van der Waals surface area contributed by atoms with E-state index < -0.39 is 0 Å². The van der Waals surface area contributed by atoms with Crippen molar-refractivity contribution in [1.82, 2.24) is 10.2 Å². The minimum Gasteiger partial charge on any atom is -0.493 e. The molecule has 3 rings (SSSR count). The Morgan fingerprint density at radius 1 is 1.26 bits per heavy atom. The molecule has 7 heteroatoms. The van der Waals surface area contributed by atoms with E-state index in [2.05, 4.69) is 10.2 Å². The van der Waals surface area contributed by atoms with Gasteiger partial charge in [-0.25, -0.2) is 4.39 Å². The van der Waals surface area contributed by atoms with Gasteiger partial charge in [0.2, 0.25) is 5.91 Å². The van der Waals surface area contributed by atoms with E-state index in [-0.39, 0.29) is 23.7 Å². The van der Waals surface area contributed by atoms with Crippen LogP contribution in [0, 0.1) is 11.7 Å². The maximum Gasteiger partial charge on any atom is 0.227 e. The first-order valence-corrected chi connectivity index (χ1v) is 7.61. The van der Waals surface area contributed by atoms with E-state index in [1.165, 1.54) is 20.3 Å². The van der Waals surface area contributed by atoms with Crippen LogP contribution in [0.2, 0.25) is 0 Å². The van der Waals surface area contributed by atoms with Gasteiger partial charge in [0.25, 0.3) is 0 Å². The van der Waals surface area contributed by atoms with Crippen molar-refractivity contribution in [2.75, 3.05) is 40.5 Å². The molecule has 1 aromatic rings. The molecule has 2 aliphatic heterocycles. The SMILES string of the molecule is COc1cc(F)c(CN2C[C@H]3COC[C@@H](C2)C(=O)N3)cc1OC. The summed E-state index contributed by atoms with van der Waals surface area (Å²) in [5.41, 5.74) is 0.524. The third-order valence-corrected chi connectivity index (χ3v) is 4.26. The maximum absolute atomic E-state index is 14.3. The lowest BCUT2D eigenvalue weighted by atomic mass is 10.1. The van der Waals surface area contributed by atoms with Crippen LogP contribution < -0.4 is 14.8 Å². The molecule has 2 fully saturated rings. The number of fused-ring (bicyclic) bond motifs is 3. The number of nitrogens with one attached hydrogen (secondary N) is 1. The van der Waals surface area contributed by atoms with Gasteiger partial charge in [0.05, 0.1) is 39.4 Å². The molecular formula is C16H21FN2O4. The van der Waals surface area contributed by atoms with Crippen LogP contribution in [0.3, 0.4) is 0 Å². The molecule has 1 aromatic carbocycles. The Labute approximate surface area is 134 Å². The fourth-order valence-electron chi connectivity index (χ4n) is 3.11. The number of ether oxygens (including phenoxy) is 3. The Balaban J connectivity index is 1.80.